The zero-order valence-electron chi connectivity index (χ0n) is 10.3. The first kappa shape index (κ1) is 12.6. The Bertz CT molecular complexity index is 481. The zero-order valence-corrected chi connectivity index (χ0v) is 11.1. The number of rotatable bonds is 2. The standard InChI is InChI=1S/C11H19N3O2S/c1-9-4-3-6-14(7-5-9)17(15,16)11-8-12-13-10(11)2/h8-9H,3-7H2,1-2H3,(H,12,13). The fourth-order valence-electron chi connectivity index (χ4n) is 2.22. The van der Waals surface area contributed by atoms with Crippen molar-refractivity contribution in [3.8, 4) is 0 Å². The first-order valence-corrected chi connectivity index (χ1v) is 7.46. The van der Waals surface area contributed by atoms with Crippen LogP contribution in [0, 0.1) is 12.8 Å². The summed E-state index contributed by atoms with van der Waals surface area (Å²) in [5.41, 5.74) is 0.613. The van der Waals surface area contributed by atoms with E-state index in [9.17, 15) is 8.42 Å². The van der Waals surface area contributed by atoms with Gasteiger partial charge in [0.1, 0.15) is 4.90 Å². The molecule has 1 aromatic heterocycles. The van der Waals surface area contributed by atoms with Gasteiger partial charge >= 0.3 is 0 Å². The van der Waals surface area contributed by atoms with E-state index in [0.717, 1.165) is 19.3 Å². The van der Waals surface area contributed by atoms with Crippen molar-refractivity contribution in [3.05, 3.63) is 11.9 Å². The molecule has 0 bridgehead atoms. The van der Waals surface area contributed by atoms with E-state index in [1.54, 1.807) is 11.2 Å². The molecule has 1 atom stereocenters. The average Bonchev–Trinajstić information content (AvgIpc) is 2.57. The van der Waals surface area contributed by atoms with Crippen LogP contribution in [0.2, 0.25) is 0 Å². The molecule has 1 aromatic rings. The number of hydrogen-bond acceptors (Lipinski definition) is 3. The van der Waals surface area contributed by atoms with E-state index in [2.05, 4.69) is 17.1 Å². The number of hydrogen-bond donors (Lipinski definition) is 1. The third-order valence-electron chi connectivity index (χ3n) is 3.38. The summed E-state index contributed by atoms with van der Waals surface area (Å²) in [6.45, 7) is 5.16. The molecule has 2 heterocycles. The Morgan fingerprint density at radius 1 is 1.41 bits per heavy atom. The van der Waals surface area contributed by atoms with Crippen molar-refractivity contribution >= 4 is 10.0 Å². The van der Waals surface area contributed by atoms with Crippen LogP contribution in [0.15, 0.2) is 11.1 Å². The predicted molar refractivity (Wildman–Crippen MR) is 65.1 cm³/mol. The molecule has 0 saturated carbocycles. The van der Waals surface area contributed by atoms with Crippen molar-refractivity contribution in [1.82, 2.24) is 14.5 Å². The molecule has 0 aromatic carbocycles. The van der Waals surface area contributed by atoms with Gasteiger partial charge in [-0.15, -0.1) is 0 Å². The lowest BCUT2D eigenvalue weighted by molar-refractivity contribution is 0.416. The first-order chi connectivity index (χ1) is 8.01. The topological polar surface area (TPSA) is 66.1 Å². The minimum absolute atomic E-state index is 0.312. The van der Waals surface area contributed by atoms with Crippen LogP contribution < -0.4 is 0 Å². The maximum atomic E-state index is 12.4. The van der Waals surface area contributed by atoms with Crippen LogP contribution in [0.25, 0.3) is 0 Å². The van der Waals surface area contributed by atoms with Crippen LogP contribution in [0.3, 0.4) is 0 Å². The fraction of sp³-hybridized carbons (Fsp3) is 0.727. The molecular formula is C11H19N3O2S. The van der Waals surface area contributed by atoms with Gasteiger partial charge in [0.05, 0.1) is 11.9 Å². The Morgan fingerprint density at radius 3 is 2.82 bits per heavy atom. The smallest absolute Gasteiger partial charge is 0.246 e. The summed E-state index contributed by atoms with van der Waals surface area (Å²) in [7, 11) is -3.36. The number of aromatic nitrogens is 2. The number of nitrogens with one attached hydrogen (secondary N) is 1. The van der Waals surface area contributed by atoms with Crippen LogP contribution in [-0.2, 0) is 10.0 Å². The second kappa shape index (κ2) is 4.78. The second-order valence-corrected chi connectivity index (χ2v) is 6.71. The molecule has 17 heavy (non-hydrogen) atoms. The number of aryl methyl sites for hydroxylation is 1. The van der Waals surface area contributed by atoms with Gasteiger partial charge in [0.25, 0.3) is 0 Å². The predicted octanol–water partition coefficient (Wildman–Crippen LogP) is 1.53. The monoisotopic (exact) mass is 257 g/mol. The second-order valence-electron chi connectivity index (χ2n) is 4.80. The van der Waals surface area contributed by atoms with Gasteiger partial charge in [-0.2, -0.15) is 9.40 Å². The Morgan fingerprint density at radius 2 is 2.18 bits per heavy atom. The molecule has 5 nitrogen and oxygen atoms in total. The fourth-order valence-corrected chi connectivity index (χ4v) is 3.83. The molecule has 1 aliphatic rings. The number of nitrogens with zero attached hydrogens (tertiary/aromatic N) is 2. The van der Waals surface area contributed by atoms with E-state index in [-0.39, 0.29) is 0 Å². The SMILES string of the molecule is Cc1[nH]ncc1S(=O)(=O)N1CCCC(C)CC1. The van der Waals surface area contributed by atoms with Gasteiger partial charge in [-0.25, -0.2) is 8.42 Å². The summed E-state index contributed by atoms with van der Waals surface area (Å²) in [6.07, 6.45) is 4.39. The lowest BCUT2D eigenvalue weighted by Crippen LogP contribution is -2.32. The van der Waals surface area contributed by atoms with E-state index in [0.29, 0.717) is 29.6 Å². The molecule has 1 saturated heterocycles. The molecule has 0 radical (unpaired) electrons. The van der Waals surface area contributed by atoms with E-state index in [4.69, 9.17) is 0 Å². The van der Waals surface area contributed by atoms with Crippen molar-refractivity contribution < 1.29 is 8.42 Å². The van der Waals surface area contributed by atoms with E-state index >= 15 is 0 Å². The van der Waals surface area contributed by atoms with Gasteiger partial charge in [-0.3, -0.25) is 5.10 Å². The Balaban J connectivity index is 2.24. The van der Waals surface area contributed by atoms with Gasteiger partial charge in [0.15, 0.2) is 0 Å². The zero-order chi connectivity index (χ0) is 12.5. The first-order valence-electron chi connectivity index (χ1n) is 6.02. The van der Waals surface area contributed by atoms with Crippen molar-refractivity contribution in [2.75, 3.05) is 13.1 Å². The van der Waals surface area contributed by atoms with Crippen LogP contribution in [0.1, 0.15) is 31.9 Å². The highest BCUT2D eigenvalue weighted by Gasteiger charge is 2.28. The van der Waals surface area contributed by atoms with Crippen LogP contribution in [0.5, 0.6) is 0 Å². The molecule has 0 spiro atoms. The van der Waals surface area contributed by atoms with Crippen LogP contribution in [0.4, 0.5) is 0 Å². The van der Waals surface area contributed by atoms with Crippen molar-refractivity contribution in [2.45, 2.75) is 38.0 Å². The normalized spacial score (nSPS) is 23.5. The molecule has 1 N–H and O–H groups in total. The number of H-pyrrole nitrogens is 1. The Kier molecular flexibility index (Phi) is 3.53. The third-order valence-corrected chi connectivity index (χ3v) is 5.39. The van der Waals surface area contributed by atoms with Crippen molar-refractivity contribution in [1.29, 1.82) is 0 Å². The van der Waals surface area contributed by atoms with Crippen molar-refractivity contribution in [2.24, 2.45) is 5.92 Å². The average molecular weight is 257 g/mol. The molecule has 1 unspecified atom stereocenters. The minimum Gasteiger partial charge on any atom is -0.281 e. The molecule has 6 heteroatoms. The highest BCUT2D eigenvalue weighted by molar-refractivity contribution is 7.89. The molecule has 96 valence electrons. The van der Waals surface area contributed by atoms with Gasteiger partial charge in [0.2, 0.25) is 10.0 Å². The quantitative estimate of drug-likeness (QED) is 0.873. The van der Waals surface area contributed by atoms with Gasteiger partial charge in [-0.05, 0) is 32.1 Å². The van der Waals surface area contributed by atoms with Crippen molar-refractivity contribution in [3.63, 3.8) is 0 Å². The lowest BCUT2D eigenvalue weighted by atomic mass is 10.0. The lowest BCUT2D eigenvalue weighted by Gasteiger charge is -2.19. The van der Waals surface area contributed by atoms with Gasteiger partial charge in [-0.1, -0.05) is 6.92 Å². The molecular weight excluding hydrogens is 238 g/mol. The minimum atomic E-state index is -3.36. The Hall–Kier alpha value is -0.880. The summed E-state index contributed by atoms with van der Waals surface area (Å²) in [4.78, 5) is 0.312. The summed E-state index contributed by atoms with van der Waals surface area (Å²) < 4.78 is 26.4. The maximum Gasteiger partial charge on any atom is 0.246 e. The molecule has 2 rings (SSSR count). The molecule has 1 fully saturated rings. The van der Waals surface area contributed by atoms with Gasteiger partial charge in [0, 0.05) is 13.1 Å². The third kappa shape index (κ3) is 2.52. The van der Waals surface area contributed by atoms with E-state index in [1.165, 1.54) is 6.20 Å². The summed E-state index contributed by atoms with van der Waals surface area (Å²) >= 11 is 0. The Labute approximate surface area is 102 Å². The highest BCUT2D eigenvalue weighted by Crippen LogP contribution is 2.23. The summed E-state index contributed by atoms with van der Waals surface area (Å²) in [5.74, 6) is 0.612. The highest BCUT2D eigenvalue weighted by atomic mass is 32.2. The summed E-state index contributed by atoms with van der Waals surface area (Å²) in [5, 5.41) is 6.47. The maximum absolute atomic E-state index is 12.4. The largest absolute Gasteiger partial charge is 0.281 e. The number of aromatic amines is 1. The van der Waals surface area contributed by atoms with Gasteiger partial charge < -0.3 is 0 Å². The van der Waals surface area contributed by atoms with Crippen LogP contribution >= 0.6 is 0 Å². The molecule has 0 aliphatic carbocycles. The van der Waals surface area contributed by atoms with E-state index in [1.807, 2.05) is 0 Å². The van der Waals surface area contributed by atoms with E-state index < -0.39 is 10.0 Å². The summed E-state index contributed by atoms with van der Waals surface area (Å²) in [6, 6.07) is 0. The van der Waals surface area contributed by atoms with Crippen LogP contribution in [-0.4, -0.2) is 36.0 Å². The number of sulfonamides is 1. The molecule has 1 aliphatic heterocycles. The molecule has 0 amide bonds.